The molecule has 1 heterocycles. The van der Waals surface area contributed by atoms with Crippen molar-refractivity contribution in [1.29, 1.82) is 0 Å². The van der Waals surface area contributed by atoms with Crippen LogP contribution in [0.25, 0.3) is 0 Å². The molecule has 2 heteroatoms. The zero-order chi connectivity index (χ0) is 12.4. The molecule has 1 fully saturated rings. The predicted molar refractivity (Wildman–Crippen MR) is 71.4 cm³/mol. The van der Waals surface area contributed by atoms with Crippen molar-refractivity contribution in [3.05, 3.63) is 34.4 Å². The number of benzene rings is 1. The van der Waals surface area contributed by atoms with E-state index in [0.717, 1.165) is 19.4 Å². The second-order valence-electron chi connectivity index (χ2n) is 5.18. The maximum absolute atomic E-state index is 5.96. The first-order valence-corrected chi connectivity index (χ1v) is 6.48. The maximum atomic E-state index is 5.96. The van der Waals surface area contributed by atoms with E-state index in [-0.39, 0.29) is 6.10 Å². The summed E-state index contributed by atoms with van der Waals surface area (Å²) in [5.41, 5.74) is 5.47. The molecule has 1 aliphatic rings. The van der Waals surface area contributed by atoms with Crippen LogP contribution in [-0.2, 0) is 4.74 Å². The average molecular weight is 233 g/mol. The summed E-state index contributed by atoms with van der Waals surface area (Å²) < 4.78 is 5.96. The van der Waals surface area contributed by atoms with Crippen molar-refractivity contribution in [2.24, 2.45) is 0 Å². The van der Waals surface area contributed by atoms with Crippen molar-refractivity contribution in [2.75, 3.05) is 13.7 Å². The van der Waals surface area contributed by atoms with Gasteiger partial charge in [-0.2, -0.15) is 0 Å². The van der Waals surface area contributed by atoms with E-state index >= 15 is 0 Å². The zero-order valence-corrected chi connectivity index (χ0v) is 11.3. The fraction of sp³-hybridized carbons (Fsp3) is 0.600. The van der Waals surface area contributed by atoms with E-state index in [1.807, 2.05) is 7.05 Å². The minimum Gasteiger partial charge on any atom is -0.373 e. The summed E-state index contributed by atoms with van der Waals surface area (Å²) in [6, 6.07) is 5.11. The van der Waals surface area contributed by atoms with Gasteiger partial charge in [-0.15, -0.1) is 0 Å². The summed E-state index contributed by atoms with van der Waals surface area (Å²) in [4.78, 5) is 0. The van der Waals surface area contributed by atoms with Crippen LogP contribution in [-0.4, -0.2) is 19.7 Å². The highest BCUT2D eigenvalue weighted by atomic mass is 16.5. The molecule has 0 aliphatic carbocycles. The number of rotatable bonds is 2. The third-order valence-corrected chi connectivity index (χ3v) is 3.75. The molecular weight excluding hydrogens is 210 g/mol. The second-order valence-corrected chi connectivity index (χ2v) is 5.18. The van der Waals surface area contributed by atoms with E-state index in [1.54, 1.807) is 0 Å². The Kier molecular flexibility index (Phi) is 3.85. The third-order valence-electron chi connectivity index (χ3n) is 3.75. The van der Waals surface area contributed by atoms with Crippen molar-refractivity contribution in [3.8, 4) is 0 Å². The van der Waals surface area contributed by atoms with Gasteiger partial charge in [-0.3, -0.25) is 0 Å². The van der Waals surface area contributed by atoms with E-state index < -0.39 is 0 Å². The maximum Gasteiger partial charge on any atom is 0.0844 e. The molecule has 0 spiro atoms. The summed E-state index contributed by atoms with van der Waals surface area (Å²) in [6.45, 7) is 7.41. The highest BCUT2D eigenvalue weighted by molar-refractivity contribution is 5.39. The van der Waals surface area contributed by atoms with Gasteiger partial charge >= 0.3 is 0 Å². The highest BCUT2D eigenvalue weighted by Crippen LogP contribution is 2.32. The molecule has 1 saturated heterocycles. The molecule has 2 unspecified atom stereocenters. The Bertz CT molecular complexity index is 377. The molecule has 2 atom stereocenters. The topological polar surface area (TPSA) is 21.3 Å². The SMILES string of the molecule is CNC1CCOC(c2c(C)cc(C)cc2C)C1. The molecule has 1 N–H and O–H groups in total. The Morgan fingerprint density at radius 1 is 1.18 bits per heavy atom. The van der Waals surface area contributed by atoms with Crippen molar-refractivity contribution in [2.45, 2.75) is 45.8 Å². The van der Waals surface area contributed by atoms with Gasteiger partial charge < -0.3 is 10.1 Å². The molecule has 2 nitrogen and oxygen atoms in total. The fourth-order valence-electron chi connectivity index (χ4n) is 2.96. The normalized spacial score (nSPS) is 24.9. The molecule has 0 amide bonds. The summed E-state index contributed by atoms with van der Waals surface area (Å²) in [7, 11) is 2.04. The molecule has 0 saturated carbocycles. The minimum absolute atomic E-state index is 0.266. The number of nitrogens with one attached hydrogen (secondary N) is 1. The molecule has 0 radical (unpaired) electrons. The fourth-order valence-corrected chi connectivity index (χ4v) is 2.96. The van der Waals surface area contributed by atoms with Crippen LogP contribution in [0.4, 0.5) is 0 Å². The summed E-state index contributed by atoms with van der Waals surface area (Å²) in [5.74, 6) is 0. The summed E-state index contributed by atoms with van der Waals surface area (Å²) >= 11 is 0. The number of hydrogen-bond donors (Lipinski definition) is 1. The Hall–Kier alpha value is -0.860. The Balaban J connectivity index is 2.27. The highest BCUT2D eigenvalue weighted by Gasteiger charge is 2.25. The first-order valence-electron chi connectivity index (χ1n) is 6.48. The third kappa shape index (κ3) is 2.70. The van der Waals surface area contributed by atoms with Crippen LogP contribution in [0.2, 0.25) is 0 Å². The van der Waals surface area contributed by atoms with Crippen LogP contribution in [0.1, 0.15) is 41.2 Å². The van der Waals surface area contributed by atoms with E-state index in [9.17, 15) is 0 Å². The van der Waals surface area contributed by atoms with Gasteiger partial charge in [0.2, 0.25) is 0 Å². The van der Waals surface area contributed by atoms with Gasteiger partial charge in [0.25, 0.3) is 0 Å². The van der Waals surface area contributed by atoms with Crippen molar-refractivity contribution in [1.82, 2.24) is 5.32 Å². The van der Waals surface area contributed by atoms with Gasteiger partial charge in [0.1, 0.15) is 0 Å². The first-order chi connectivity index (χ1) is 8.11. The van der Waals surface area contributed by atoms with Gasteiger partial charge in [0.15, 0.2) is 0 Å². The van der Waals surface area contributed by atoms with Gasteiger partial charge in [-0.1, -0.05) is 17.7 Å². The predicted octanol–water partition coefficient (Wildman–Crippen LogP) is 3.05. The molecular formula is C15H23NO. The van der Waals surface area contributed by atoms with Crippen molar-refractivity contribution < 1.29 is 4.74 Å². The van der Waals surface area contributed by atoms with Gasteiger partial charge in [0, 0.05) is 12.6 Å². The number of hydrogen-bond acceptors (Lipinski definition) is 2. The molecule has 2 rings (SSSR count). The molecule has 1 aliphatic heterocycles. The van der Waals surface area contributed by atoms with Crippen molar-refractivity contribution in [3.63, 3.8) is 0 Å². The zero-order valence-electron chi connectivity index (χ0n) is 11.3. The molecule has 1 aromatic rings. The quantitative estimate of drug-likeness (QED) is 0.847. The first kappa shape index (κ1) is 12.6. The van der Waals surface area contributed by atoms with E-state index in [1.165, 1.54) is 22.3 Å². The van der Waals surface area contributed by atoms with Gasteiger partial charge in [-0.05, 0) is 57.4 Å². The number of aryl methyl sites for hydroxylation is 3. The van der Waals surface area contributed by atoms with E-state index in [4.69, 9.17) is 4.74 Å². The Morgan fingerprint density at radius 3 is 2.41 bits per heavy atom. The van der Waals surface area contributed by atoms with Crippen molar-refractivity contribution >= 4 is 0 Å². The minimum atomic E-state index is 0.266. The smallest absolute Gasteiger partial charge is 0.0844 e. The van der Waals surface area contributed by atoms with E-state index in [2.05, 4.69) is 38.2 Å². The molecule has 94 valence electrons. The molecule has 0 aromatic heterocycles. The average Bonchev–Trinajstić information content (AvgIpc) is 2.28. The lowest BCUT2D eigenvalue weighted by atomic mass is 9.90. The van der Waals surface area contributed by atoms with Crippen LogP contribution in [0.3, 0.4) is 0 Å². The van der Waals surface area contributed by atoms with Gasteiger partial charge in [-0.25, -0.2) is 0 Å². The Morgan fingerprint density at radius 2 is 1.82 bits per heavy atom. The standard InChI is InChI=1S/C15H23NO/c1-10-7-11(2)15(12(3)8-10)14-9-13(16-4)5-6-17-14/h7-8,13-14,16H,5-6,9H2,1-4H3. The lowest BCUT2D eigenvalue weighted by Gasteiger charge is -2.31. The molecule has 0 bridgehead atoms. The largest absolute Gasteiger partial charge is 0.373 e. The van der Waals surface area contributed by atoms with Crippen LogP contribution in [0.15, 0.2) is 12.1 Å². The molecule has 1 aromatic carbocycles. The lowest BCUT2D eigenvalue weighted by Crippen LogP contribution is -2.34. The van der Waals surface area contributed by atoms with Crippen LogP contribution in [0.5, 0.6) is 0 Å². The monoisotopic (exact) mass is 233 g/mol. The second kappa shape index (κ2) is 5.19. The summed E-state index contributed by atoms with van der Waals surface area (Å²) in [5, 5.41) is 3.37. The Labute approximate surface area is 104 Å². The number of ether oxygens (including phenoxy) is 1. The van der Waals surface area contributed by atoms with Crippen LogP contribution >= 0.6 is 0 Å². The molecule has 17 heavy (non-hydrogen) atoms. The van der Waals surface area contributed by atoms with Gasteiger partial charge in [0.05, 0.1) is 6.10 Å². The van der Waals surface area contributed by atoms with Crippen LogP contribution < -0.4 is 5.32 Å². The lowest BCUT2D eigenvalue weighted by molar-refractivity contribution is 0.000854. The van der Waals surface area contributed by atoms with Crippen LogP contribution in [0, 0.1) is 20.8 Å². The summed E-state index contributed by atoms with van der Waals surface area (Å²) in [6.07, 6.45) is 2.47. The van der Waals surface area contributed by atoms with E-state index in [0.29, 0.717) is 6.04 Å².